The minimum Gasteiger partial charge on any atom is -0.492 e. The van der Waals surface area contributed by atoms with E-state index in [0.29, 0.717) is 30.3 Å². The fourth-order valence-electron chi connectivity index (χ4n) is 2.25. The van der Waals surface area contributed by atoms with Gasteiger partial charge >= 0.3 is 0 Å². The third-order valence-corrected chi connectivity index (χ3v) is 3.27. The van der Waals surface area contributed by atoms with Crippen LogP contribution in [0.4, 0.5) is 0 Å². The van der Waals surface area contributed by atoms with Crippen molar-refractivity contribution in [1.82, 2.24) is 15.0 Å². The fourth-order valence-corrected chi connectivity index (χ4v) is 2.25. The number of hydrogen-bond acceptors (Lipinski definition) is 5. The van der Waals surface area contributed by atoms with Crippen molar-refractivity contribution in [2.24, 2.45) is 0 Å². The van der Waals surface area contributed by atoms with Crippen molar-refractivity contribution >= 4 is 0 Å². The molecule has 1 N–H and O–H groups in total. The van der Waals surface area contributed by atoms with E-state index in [1.165, 1.54) is 0 Å². The molecule has 0 aliphatic heterocycles. The van der Waals surface area contributed by atoms with Gasteiger partial charge in [-0.25, -0.2) is 4.68 Å². The average molecular weight is 299 g/mol. The molecule has 6 heteroatoms. The first kappa shape index (κ1) is 14.3. The SMILES string of the molecule is Cc1cccc(OCCn2nnc(CO)c2-c2ccco2)c1. The lowest BCUT2D eigenvalue weighted by atomic mass is 10.2. The molecule has 0 saturated heterocycles. The van der Waals surface area contributed by atoms with E-state index in [0.717, 1.165) is 11.3 Å². The monoisotopic (exact) mass is 299 g/mol. The van der Waals surface area contributed by atoms with E-state index in [9.17, 15) is 5.11 Å². The molecule has 0 amide bonds. The Morgan fingerprint density at radius 3 is 2.91 bits per heavy atom. The molecule has 0 unspecified atom stereocenters. The maximum Gasteiger partial charge on any atom is 0.153 e. The van der Waals surface area contributed by atoms with Gasteiger partial charge in [0.05, 0.1) is 19.4 Å². The zero-order valence-corrected chi connectivity index (χ0v) is 12.3. The minimum absolute atomic E-state index is 0.186. The summed E-state index contributed by atoms with van der Waals surface area (Å²) in [6, 6.07) is 11.5. The summed E-state index contributed by atoms with van der Waals surface area (Å²) in [5, 5.41) is 17.4. The molecule has 1 aromatic carbocycles. The molecule has 0 aliphatic carbocycles. The number of furan rings is 1. The van der Waals surface area contributed by atoms with Crippen molar-refractivity contribution in [2.75, 3.05) is 6.61 Å². The lowest BCUT2D eigenvalue weighted by Crippen LogP contribution is -2.11. The lowest BCUT2D eigenvalue weighted by molar-refractivity contribution is 0.277. The van der Waals surface area contributed by atoms with Crippen LogP contribution in [0.1, 0.15) is 11.3 Å². The zero-order chi connectivity index (χ0) is 15.4. The number of aryl methyl sites for hydroxylation is 1. The van der Waals surface area contributed by atoms with Crippen LogP contribution in [0.5, 0.6) is 5.75 Å². The van der Waals surface area contributed by atoms with Gasteiger partial charge in [0.15, 0.2) is 5.76 Å². The molecule has 0 spiro atoms. The summed E-state index contributed by atoms with van der Waals surface area (Å²) in [6.45, 7) is 2.80. The van der Waals surface area contributed by atoms with Gasteiger partial charge in [-0.1, -0.05) is 17.3 Å². The summed E-state index contributed by atoms with van der Waals surface area (Å²) < 4.78 is 12.8. The highest BCUT2D eigenvalue weighted by atomic mass is 16.5. The first-order valence-corrected chi connectivity index (χ1v) is 7.04. The second-order valence-corrected chi connectivity index (χ2v) is 4.91. The van der Waals surface area contributed by atoms with E-state index >= 15 is 0 Å². The van der Waals surface area contributed by atoms with Crippen LogP contribution in [0.15, 0.2) is 47.1 Å². The molecule has 2 heterocycles. The molecule has 0 aliphatic rings. The Labute approximate surface area is 128 Å². The van der Waals surface area contributed by atoms with Crippen LogP contribution in [0.2, 0.25) is 0 Å². The Kier molecular flexibility index (Phi) is 4.20. The van der Waals surface area contributed by atoms with E-state index in [-0.39, 0.29) is 6.61 Å². The average Bonchev–Trinajstić information content (AvgIpc) is 3.15. The summed E-state index contributed by atoms with van der Waals surface area (Å²) in [7, 11) is 0. The Morgan fingerprint density at radius 2 is 2.18 bits per heavy atom. The van der Waals surface area contributed by atoms with E-state index in [1.807, 2.05) is 37.3 Å². The zero-order valence-electron chi connectivity index (χ0n) is 12.3. The van der Waals surface area contributed by atoms with E-state index < -0.39 is 0 Å². The first-order valence-electron chi connectivity index (χ1n) is 7.04. The van der Waals surface area contributed by atoms with Gasteiger partial charge in [-0.15, -0.1) is 5.10 Å². The standard InChI is InChI=1S/C16H17N3O3/c1-12-4-2-5-13(10-12)21-9-7-19-16(14(11-20)17-18-19)15-6-3-8-22-15/h2-6,8,10,20H,7,9,11H2,1H3. The summed E-state index contributed by atoms with van der Waals surface area (Å²) in [4.78, 5) is 0. The van der Waals surface area contributed by atoms with Crippen LogP contribution < -0.4 is 4.74 Å². The Morgan fingerprint density at radius 1 is 1.27 bits per heavy atom. The van der Waals surface area contributed by atoms with Gasteiger partial charge in [0, 0.05) is 0 Å². The van der Waals surface area contributed by atoms with Crippen molar-refractivity contribution in [3.63, 3.8) is 0 Å². The maximum absolute atomic E-state index is 9.38. The molecule has 0 saturated carbocycles. The van der Waals surface area contributed by atoms with E-state index in [4.69, 9.17) is 9.15 Å². The second-order valence-electron chi connectivity index (χ2n) is 4.91. The molecular formula is C16H17N3O3. The van der Waals surface area contributed by atoms with Gasteiger partial charge < -0.3 is 14.3 Å². The molecule has 22 heavy (non-hydrogen) atoms. The van der Waals surface area contributed by atoms with Crippen LogP contribution in [-0.2, 0) is 13.2 Å². The van der Waals surface area contributed by atoms with Gasteiger partial charge in [0.1, 0.15) is 23.7 Å². The van der Waals surface area contributed by atoms with Crippen LogP contribution in [0, 0.1) is 6.92 Å². The van der Waals surface area contributed by atoms with E-state index in [1.54, 1.807) is 17.0 Å². The van der Waals surface area contributed by atoms with Crippen molar-refractivity contribution in [3.05, 3.63) is 53.9 Å². The highest BCUT2D eigenvalue weighted by molar-refractivity contribution is 5.54. The van der Waals surface area contributed by atoms with E-state index in [2.05, 4.69) is 10.3 Å². The number of ether oxygens (including phenoxy) is 1. The second kappa shape index (κ2) is 6.44. The van der Waals surface area contributed by atoms with Crippen molar-refractivity contribution in [3.8, 4) is 17.2 Å². The number of aliphatic hydroxyl groups excluding tert-OH is 1. The third-order valence-electron chi connectivity index (χ3n) is 3.27. The van der Waals surface area contributed by atoms with Crippen LogP contribution in [-0.4, -0.2) is 26.7 Å². The van der Waals surface area contributed by atoms with Crippen molar-refractivity contribution in [2.45, 2.75) is 20.1 Å². The maximum atomic E-state index is 9.38. The van der Waals surface area contributed by atoms with Gasteiger partial charge in [-0.05, 0) is 36.8 Å². The summed E-state index contributed by atoms with van der Waals surface area (Å²) in [5.41, 5.74) is 2.32. The Balaban J connectivity index is 1.72. The number of rotatable bonds is 6. The normalized spacial score (nSPS) is 10.8. The molecule has 114 valence electrons. The molecule has 0 fully saturated rings. The predicted molar refractivity (Wildman–Crippen MR) is 80.3 cm³/mol. The highest BCUT2D eigenvalue weighted by Crippen LogP contribution is 2.22. The Bertz CT molecular complexity index is 735. The van der Waals surface area contributed by atoms with Crippen LogP contribution in [0.3, 0.4) is 0 Å². The fraction of sp³-hybridized carbons (Fsp3) is 0.250. The number of nitrogens with zero attached hydrogens (tertiary/aromatic N) is 3. The molecule has 0 atom stereocenters. The van der Waals surface area contributed by atoms with Crippen molar-refractivity contribution < 1.29 is 14.3 Å². The highest BCUT2D eigenvalue weighted by Gasteiger charge is 2.16. The van der Waals surface area contributed by atoms with Gasteiger partial charge in [-0.2, -0.15) is 0 Å². The lowest BCUT2D eigenvalue weighted by Gasteiger charge is -2.08. The number of aliphatic hydroxyl groups is 1. The smallest absolute Gasteiger partial charge is 0.153 e. The first-order chi connectivity index (χ1) is 10.8. The topological polar surface area (TPSA) is 73.3 Å². The van der Waals surface area contributed by atoms with Crippen LogP contribution >= 0.6 is 0 Å². The van der Waals surface area contributed by atoms with Gasteiger partial charge in [0.2, 0.25) is 0 Å². The Hall–Kier alpha value is -2.60. The molecular weight excluding hydrogens is 282 g/mol. The molecule has 0 radical (unpaired) electrons. The number of aromatic nitrogens is 3. The van der Waals surface area contributed by atoms with Gasteiger partial charge in [0.25, 0.3) is 0 Å². The molecule has 0 bridgehead atoms. The third kappa shape index (κ3) is 3.01. The molecule has 2 aromatic heterocycles. The van der Waals surface area contributed by atoms with Crippen molar-refractivity contribution in [1.29, 1.82) is 0 Å². The summed E-state index contributed by atoms with van der Waals surface area (Å²) in [6.07, 6.45) is 1.58. The largest absolute Gasteiger partial charge is 0.492 e. The number of benzene rings is 1. The number of hydrogen-bond donors (Lipinski definition) is 1. The summed E-state index contributed by atoms with van der Waals surface area (Å²) >= 11 is 0. The summed E-state index contributed by atoms with van der Waals surface area (Å²) in [5.74, 6) is 1.45. The predicted octanol–water partition coefficient (Wildman–Crippen LogP) is 2.42. The molecule has 3 rings (SSSR count). The quantitative estimate of drug-likeness (QED) is 0.756. The minimum atomic E-state index is -0.186. The molecule has 3 aromatic rings. The van der Waals surface area contributed by atoms with Crippen LogP contribution in [0.25, 0.3) is 11.5 Å². The molecule has 6 nitrogen and oxygen atoms in total. The van der Waals surface area contributed by atoms with Gasteiger partial charge in [-0.3, -0.25) is 0 Å².